The van der Waals surface area contributed by atoms with E-state index >= 15 is 0 Å². The second-order valence-corrected chi connectivity index (χ2v) is 13.2. The highest BCUT2D eigenvalue weighted by atomic mass is 79.9. The molecular formula is C30H35BrFN3O5S. The lowest BCUT2D eigenvalue weighted by Crippen LogP contribution is -2.54. The maximum Gasteiger partial charge on any atom is 0.264 e. The van der Waals surface area contributed by atoms with Gasteiger partial charge in [0.1, 0.15) is 24.2 Å². The van der Waals surface area contributed by atoms with Crippen molar-refractivity contribution in [3.05, 3.63) is 88.6 Å². The largest absolute Gasteiger partial charge is 0.494 e. The minimum Gasteiger partial charge on any atom is -0.494 e. The Bertz CT molecular complexity index is 1460. The van der Waals surface area contributed by atoms with E-state index in [1.54, 1.807) is 6.92 Å². The Morgan fingerprint density at radius 3 is 2.22 bits per heavy atom. The summed E-state index contributed by atoms with van der Waals surface area (Å²) in [6, 6.07) is 17.0. The van der Waals surface area contributed by atoms with Gasteiger partial charge in [0.25, 0.3) is 10.0 Å². The van der Waals surface area contributed by atoms with E-state index in [0.717, 1.165) is 26.5 Å². The van der Waals surface area contributed by atoms with Crippen molar-refractivity contribution in [2.24, 2.45) is 0 Å². The van der Waals surface area contributed by atoms with Crippen molar-refractivity contribution in [1.82, 2.24) is 10.2 Å². The summed E-state index contributed by atoms with van der Waals surface area (Å²) in [4.78, 5) is 28.4. The van der Waals surface area contributed by atoms with Gasteiger partial charge in [0.15, 0.2) is 0 Å². The van der Waals surface area contributed by atoms with Gasteiger partial charge in [-0.25, -0.2) is 12.8 Å². The van der Waals surface area contributed by atoms with Crippen LogP contribution in [0.25, 0.3) is 0 Å². The van der Waals surface area contributed by atoms with Crippen LogP contribution in [-0.2, 0) is 26.2 Å². The van der Waals surface area contributed by atoms with Gasteiger partial charge in [-0.1, -0.05) is 28.1 Å². The van der Waals surface area contributed by atoms with Crippen molar-refractivity contribution in [3.8, 4) is 5.75 Å². The van der Waals surface area contributed by atoms with Crippen molar-refractivity contribution in [2.45, 2.75) is 57.6 Å². The molecule has 0 bridgehead atoms. The maximum absolute atomic E-state index is 13.9. The van der Waals surface area contributed by atoms with Crippen LogP contribution in [0.15, 0.2) is 82.2 Å². The van der Waals surface area contributed by atoms with E-state index in [9.17, 15) is 22.4 Å². The minimum absolute atomic E-state index is 0.0529. The fourth-order valence-corrected chi connectivity index (χ4v) is 5.89. The second kappa shape index (κ2) is 13.5. The highest BCUT2D eigenvalue weighted by Crippen LogP contribution is 2.26. The number of nitrogens with zero attached hydrogens (tertiary/aromatic N) is 2. The first-order valence-electron chi connectivity index (χ1n) is 13.1. The molecule has 0 aliphatic heterocycles. The molecule has 0 fully saturated rings. The Morgan fingerprint density at radius 1 is 1.02 bits per heavy atom. The molecule has 3 aromatic carbocycles. The first-order valence-corrected chi connectivity index (χ1v) is 15.3. The van der Waals surface area contributed by atoms with Gasteiger partial charge in [0.2, 0.25) is 11.8 Å². The third-order valence-electron chi connectivity index (χ3n) is 6.02. The van der Waals surface area contributed by atoms with Crippen LogP contribution in [0, 0.1) is 5.82 Å². The Hall–Kier alpha value is -3.44. The fraction of sp³-hybridized carbons (Fsp3) is 0.333. The molecule has 0 aliphatic carbocycles. The van der Waals surface area contributed by atoms with E-state index in [1.807, 2.05) is 52.0 Å². The molecule has 1 N–H and O–H groups in total. The fourth-order valence-electron chi connectivity index (χ4n) is 4.03. The predicted molar refractivity (Wildman–Crippen MR) is 161 cm³/mol. The number of hydrogen-bond donors (Lipinski definition) is 1. The molecule has 1 atom stereocenters. The normalized spacial score (nSPS) is 12.4. The summed E-state index contributed by atoms with van der Waals surface area (Å²) < 4.78 is 48.7. The number of anilines is 1. The lowest BCUT2D eigenvalue weighted by atomic mass is 10.1. The van der Waals surface area contributed by atoms with Crippen LogP contribution in [0.4, 0.5) is 10.1 Å². The lowest BCUT2D eigenvalue weighted by Gasteiger charge is -2.33. The summed E-state index contributed by atoms with van der Waals surface area (Å²) in [5.41, 5.74) is 0.293. The monoisotopic (exact) mass is 647 g/mol. The highest BCUT2D eigenvalue weighted by molar-refractivity contribution is 9.10. The number of hydrogen-bond acceptors (Lipinski definition) is 5. The summed E-state index contributed by atoms with van der Waals surface area (Å²) >= 11 is 3.43. The van der Waals surface area contributed by atoms with Crippen LogP contribution >= 0.6 is 15.9 Å². The summed E-state index contributed by atoms with van der Waals surface area (Å²) in [5.74, 6) is -1.05. The number of carbonyl (C=O) groups excluding carboxylic acids is 2. The number of carbonyl (C=O) groups is 2. The summed E-state index contributed by atoms with van der Waals surface area (Å²) in [6.07, 6.45) is 0. The van der Waals surface area contributed by atoms with Gasteiger partial charge in [-0.3, -0.25) is 13.9 Å². The molecule has 0 heterocycles. The van der Waals surface area contributed by atoms with Crippen LogP contribution < -0.4 is 14.4 Å². The Morgan fingerprint density at radius 2 is 1.66 bits per heavy atom. The van der Waals surface area contributed by atoms with Crippen molar-refractivity contribution in [1.29, 1.82) is 0 Å². The van der Waals surface area contributed by atoms with Gasteiger partial charge in [0, 0.05) is 16.6 Å². The number of benzene rings is 3. The number of nitrogens with one attached hydrogen (secondary N) is 1. The zero-order valence-electron chi connectivity index (χ0n) is 23.7. The van der Waals surface area contributed by atoms with E-state index < -0.39 is 39.9 Å². The topological polar surface area (TPSA) is 96.0 Å². The summed E-state index contributed by atoms with van der Waals surface area (Å²) in [7, 11) is -4.28. The molecule has 0 aliphatic rings. The molecule has 0 saturated carbocycles. The average molecular weight is 649 g/mol. The average Bonchev–Trinajstić information content (AvgIpc) is 2.90. The molecule has 8 nitrogen and oxygen atoms in total. The minimum atomic E-state index is -4.28. The van der Waals surface area contributed by atoms with Gasteiger partial charge in [-0.2, -0.15) is 0 Å². The lowest BCUT2D eigenvalue weighted by molar-refractivity contribution is -0.140. The molecule has 0 unspecified atom stereocenters. The van der Waals surface area contributed by atoms with E-state index in [4.69, 9.17) is 4.74 Å². The molecule has 0 radical (unpaired) electrons. The van der Waals surface area contributed by atoms with E-state index in [2.05, 4.69) is 21.2 Å². The predicted octanol–water partition coefficient (Wildman–Crippen LogP) is 5.51. The molecular weight excluding hydrogens is 613 g/mol. The Balaban J connectivity index is 2.03. The molecule has 3 aromatic rings. The van der Waals surface area contributed by atoms with Crippen LogP contribution in [0.5, 0.6) is 5.75 Å². The smallest absolute Gasteiger partial charge is 0.264 e. The number of halogens is 2. The number of amides is 2. The Labute approximate surface area is 249 Å². The van der Waals surface area contributed by atoms with Gasteiger partial charge >= 0.3 is 0 Å². The number of sulfonamides is 1. The molecule has 0 spiro atoms. The first kappa shape index (κ1) is 32.1. The number of ether oxygens (including phenoxy) is 1. The third kappa shape index (κ3) is 8.77. The molecule has 3 rings (SSSR count). The van der Waals surface area contributed by atoms with Crippen molar-refractivity contribution >= 4 is 43.5 Å². The zero-order valence-corrected chi connectivity index (χ0v) is 26.1. The van der Waals surface area contributed by atoms with Crippen molar-refractivity contribution in [3.63, 3.8) is 0 Å². The highest BCUT2D eigenvalue weighted by Gasteiger charge is 2.33. The standard InChI is InChI=1S/C30H35BrFN3O5S/c1-6-40-26-14-16-27(17-15-26)41(38,39)35(25-12-10-24(32)11-13-25)20-28(36)34(19-22-8-7-9-23(31)18-22)21(2)29(37)33-30(3,4)5/h7-18,21H,6,19-20H2,1-5H3,(H,33,37)/t21-/m0/s1. The molecule has 0 aromatic heterocycles. The Kier molecular flexibility index (Phi) is 10.5. The van der Waals surface area contributed by atoms with Gasteiger partial charge in [0.05, 0.1) is 17.2 Å². The van der Waals surface area contributed by atoms with Crippen LogP contribution in [0.3, 0.4) is 0 Å². The SMILES string of the molecule is CCOc1ccc(S(=O)(=O)N(CC(=O)N(Cc2cccc(Br)c2)[C@@H](C)C(=O)NC(C)(C)C)c2ccc(F)cc2)cc1. The summed E-state index contributed by atoms with van der Waals surface area (Å²) in [5, 5.41) is 2.89. The number of rotatable bonds is 11. The van der Waals surface area contributed by atoms with E-state index in [0.29, 0.717) is 12.4 Å². The van der Waals surface area contributed by atoms with Crippen LogP contribution in [0.2, 0.25) is 0 Å². The maximum atomic E-state index is 13.9. The molecule has 11 heteroatoms. The molecule has 0 saturated heterocycles. The van der Waals surface area contributed by atoms with E-state index in [1.165, 1.54) is 41.3 Å². The molecule has 220 valence electrons. The van der Waals surface area contributed by atoms with Crippen molar-refractivity contribution in [2.75, 3.05) is 17.5 Å². The van der Waals surface area contributed by atoms with Crippen LogP contribution in [0.1, 0.15) is 40.2 Å². The molecule has 41 heavy (non-hydrogen) atoms. The van der Waals surface area contributed by atoms with Gasteiger partial charge in [-0.05, 0) is 101 Å². The third-order valence-corrected chi connectivity index (χ3v) is 8.30. The summed E-state index contributed by atoms with van der Waals surface area (Å²) in [6.45, 7) is 8.75. The van der Waals surface area contributed by atoms with E-state index in [-0.39, 0.29) is 23.0 Å². The second-order valence-electron chi connectivity index (χ2n) is 10.5. The van der Waals surface area contributed by atoms with Crippen LogP contribution in [-0.4, -0.2) is 49.9 Å². The zero-order chi connectivity index (χ0) is 30.4. The first-order chi connectivity index (χ1) is 19.2. The quantitative estimate of drug-likeness (QED) is 0.296. The van der Waals surface area contributed by atoms with Gasteiger partial charge < -0.3 is 15.0 Å². The van der Waals surface area contributed by atoms with Gasteiger partial charge in [-0.15, -0.1) is 0 Å². The van der Waals surface area contributed by atoms with Crippen molar-refractivity contribution < 1.29 is 27.1 Å². The molecule has 2 amide bonds.